The lowest BCUT2D eigenvalue weighted by atomic mass is 9.81. The third kappa shape index (κ3) is 6.10. The summed E-state index contributed by atoms with van der Waals surface area (Å²) < 4.78 is 55.5. The molecule has 0 aliphatic heterocycles. The first-order valence-corrected chi connectivity index (χ1v) is 13.7. The lowest BCUT2D eigenvalue weighted by Gasteiger charge is -2.30. The van der Waals surface area contributed by atoms with E-state index in [9.17, 15) is 17.2 Å². The van der Waals surface area contributed by atoms with Gasteiger partial charge in [-0.2, -0.15) is 0 Å². The Labute approximate surface area is 216 Å². The molecule has 5 nitrogen and oxygen atoms in total. The molecule has 2 atom stereocenters. The quantitative estimate of drug-likeness (QED) is 0.334. The van der Waals surface area contributed by atoms with Crippen molar-refractivity contribution in [1.82, 2.24) is 4.98 Å². The first kappa shape index (κ1) is 26.9. The predicted octanol–water partition coefficient (Wildman–Crippen LogP) is 6.21. The van der Waals surface area contributed by atoms with E-state index < -0.39 is 20.7 Å². The van der Waals surface area contributed by atoms with Crippen molar-refractivity contribution in [3.63, 3.8) is 0 Å². The molecule has 4 rings (SSSR count). The number of anilines is 1. The van der Waals surface area contributed by atoms with Gasteiger partial charge in [-0.3, -0.25) is 4.72 Å². The van der Waals surface area contributed by atoms with Crippen LogP contribution in [-0.4, -0.2) is 25.2 Å². The molecule has 1 aliphatic carbocycles. The number of benzene rings is 2. The molecule has 0 fully saturated rings. The number of rotatable bonds is 7. The average molecular weight is 565 g/mol. The van der Waals surface area contributed by atoms with Crippen LogP contribution >= 0.6 is 47.1 Å². The molecule has 0 spiro atoms. The van der Waals surface area contributed by atoms with Crippen LogP contribution in [0.4, 0.5) is 13.9 Å². The van der Waals surface area contributed by atoms with Gasteiger partial charge in [-0.25, -0.2) is 22.2 Å². The van der Waals surface area contributed by atoms with Crippen molar-refractivity contribution < 1.29 is 17.2 Å². The van der Waals surface area contributed by atoms with Gasteiger partial charge in [0, 0.05) is 34.2 Å². The van der Waals surface area contributed by atoms with E-state index >= 15 is 0 Å². The molecule has 0 radical (unpaired) electrons. The van der Waals surface area contributed by atoms with Crippen molar-refractivity contribution in [2.75, 3.05) is 10.5 Å². The summed E-state index contributed by atoms with van der Waals surface area (Å²) >= 11 is 8.72. The number of hydrogen-bond acceptors (Lipinski definition) is 6. The van der Waals surface area contributed by atoms with Crippen LogP contribution in [0.25, 0.3) is 5.57 Å². The Kier molecular flexibility index (Phi) is 8.99. The normalized spacial score (nSPS) is 18.2. The van der Waals surface area contributed by atoms with Crippen molar-refractivity contribution in [2.24, 2.45) is 11.7 Å². The van der Waals surface area contributed by atoms with Crippen LogP contribution in [0.3, 0.4) is 0 Å². The van der Waals surface area contributed by atoms with E-state index in [-0.39, 0.29) is 40.3 Å². The highest BCUT2D eigenvalue weighted by atomic mass is 35.5. The van der Waals surface area contributed by atoms with Crippen LogP contribution in [0.2, 0.25) is 5.02 Å². The third-order valence-electron chi connectivity index (χ3n) is 5.31. The molecule has 12 heteroatoms. The molecule has 1 aliphatic rings. The Bertz CT molecular complexity index is 1270. The number of hydrogen-bond donors (Lipinski definition) is 2. The van der Waals surface area contributed by atoms with Crippen molar-refractivity contribution in [2.45, 2.75) is 28.7 Å². The first-order chi connectivity index (χ1) is 15.7. The Morgan fingerprint density at radius 3 is 2.65 bits per heavy atom. The molecule has 2 aromatic carbocycles. The van der Waals surface area contributed by atoms with Crippen LogP contribution in [0.15, 0.2) is 63.8 Å². The van der Waals surface area contributed by atoms with Gasteiger partial charge in [-0.1, -0.05) is 29.8 Å². The van der Waals surface area contributed by atoms with Crippen molar-refractivity contribution in [1.29, 1.82) is 0 Å². The molecule has 34 heavy (non-hydrogen) atoms. The summed E-state index contributed by atoms with van der Waals surface area (Å²) in [4.78, 5) is 3.72. The highest BCUT2D eigenvalue weighted by Gasteiger charge is 2.28. The number of thiazole rings is 1. The number of allylic oxidation sites excluding steroid dienone is 1. The monoisotopic (exact) mass is 563 g/mol. The molecular weight excluding hydrogens is 543 g/mol. The molecule has 0 saturated heterocycles. The maximum atomic E-state index is 14.8. The molecule has 0 unspecified atom stereocenters. The Hall–Kier alpha value is -1.69. The second-order valence-corrected chi connectivity index (χ2v) is 11.5. The summed E-state index contributed by atoms with van der Waals surface area (Å²) in [7, 11) is -4.18. The van der Waals surface area contributed by atoms with Crippen LogP contribution < -0.4 is 10.5 Å². The second-order valence-electron chi connectivity index (χ2n) is 7.48. The molecule has 3 N–H and O–H groups in total. The molecule has 0 amide bonds. The fourth-order valence-electron chi connectivity index (χ4n) is 3.65. The number of nitrogens with one attached hydrogen (secondary N) is 1. The van der Waals surface area contributed by atoms with Crippen molar-refractivity contribution >= 4 is 67.8 Å². The number of sulfonamides is 1. The zero-order chi connectivity index (χ0) is 23.6. The van der Waals surface area contributed by atoms with Crippen LogP contribution in [0, 0.1) is 17.6 Å². The van der Waals surface area contributed by atoms with Crippen LogP contribution in [0.5, 0.6) is 0 Å². The number of nitrogens with zero attached hydrogens (tertiary/aromatic N) is 1. The largest absolute Gasteiger partial charge is 0.327 e. The number of thioether (sulfide) groups is 1. The average Bonchev–Trinajstić information content (AvgIpc) is 3.27. The van der Waals surface area contributed by atoms with Crippen molar-refractivity contribution in [3.8, 4) is 0 Å². The summed E-state index contributed by atoms with van der Waals surface area (Å²) in [5, 5.41) is 1.86. The van der Waals surface area contributed by atoms with Gasteiger partial charge >= 0.3 is 0 Å². The van der Waals surface area contributed by atoms with Gasteiger partial charge in [0.15, 0.2) is 5.13 Å². The van der Waals surface area contributed by atoms with Gasteiger partial charge in [-0.15, -0.1) is 35.5 Å². The van der Waals surface area contributed by atoms with Crippen LogP contribution in [-0.2, 0) is 10.0 Å². The van der Waals surface area contributed by atoms with E-state index in [2.05, 4.69) is 15.8 Å². The molecule has 182 valence electrons. The van der Waals surface area contributed by atoms with Crippen molar-refractivity contribution in [3.05, 3.63) is 76.3 Å². The topological polar surface area (TPSA) is 85.1 Å². The van der Waals surface area contributed by atoms with E-state index in [4.69, 9.17) is 17.3 Å². The van der Waals surface area contributed by atoms with E-state index in [0.717, 1.165) is 47.4 Å². The summed E-state index contributed by atoms with van der Waals surface area (Å²) in [6.07, 6.45) is 5.17. The summed E-state index contributed by atoms with van der Waals surface area (Å²) in [5.41, 5.74) is 8.30. The highest BCUT2D eigenvalue weighted by Crippen LogP contribution is 2.39. The predicted molar refractivity (Wildman–Crippen MR) is 137 cm³/mol. The Balaban J connectivity index is 0.00000324. The summed E-state index contributed by atoms with van der Waals surface area (Å²) in [6, 6.07) is 8.37. The summed E-state index contributed by atoms with van der Waals surface area (Å²) in [5.74, 6) is -0.768. The molecule has 0 saturated carbocycles. The van der Waals surface area contributed by atoms with E-state index in [1.807, 2.05) is 0 Å². The molecule has 3 aromatic rings. The highest BCUT2D eigenvalue weighted by molar-refractivity contribution is 7.99. The minimum atomic E-state index is -4.18. The fraction of sp³-hybridized carbons (Fsp3) is 0.227. The number of nitrogens with two attached hydrogens (primary N) is 1. The second kappa shape index (κ2) is 11.4. The molecule has 0 bridgehead atoms. The lowest BCUT2D eigenvalue weighted by molar-refractivity contribution is 0.506. The maximum Gasteiger partial charge on any atom is 0.266 e. The van der Waals surface area contributed by atoms with Gasteiger partial charge in [-0.05, 0) is 48.2 Å². The van der Waals surface area contributed by atoms with Gasteiger partial charge in [0.1, 0.15) is 16.5 Å². The molecular formula is C22H21Cl2F2N3O2S3. The Morgan fingerprint density at radius 1 is 1.24 bits per heavy atom. The third-order valence-corrected chi connectivity index (χ3v) is 9.08. The minimum Gasteiger partial charge on any atom is -0.327 e. The molecule has 1 heterocycles. The lowest BCUT2D eigenvalue weighted by Crippen LogP contribution is -2.34. The van der Waals surface area contributed by atoms with Crippen LogP contribution in [0.1, 0.15) is 18.4 Å². The van der Waals surface area contributed by atoms with Gasteiger partial charge in [0.05, 0.1) is 5.02 Å². The maximum absolute atomic E-state index is 14.8. The SMILES string of the molecule is Cl.N[C@@H]1CCC=C(c2ccc(F)cc2)[C@H]1CSc1cc(F)c(S(=O)(=O)Nc2nccs2)cc1Cl. The smallest absolute Gasteiger partial charge is 0.266 e. The Morgan fingerprint density at radius 2 is 1.97 bits per heavy atom. The van der Waals surface area contributed by atoms with E-state index in [1.165, 1.54) is 30.1 Å². The van der Waals surface area contributed by atoms with E-state index in [0.29, 0.717) is 10.6 Å². The standard InChI is InChI=1S/C22H20ClF2N3O2S3.ClH/c23-17-10-21(33(29,30)28-22-27-8-9-31-22)18(25)11-20(17)32-12-16-15(2-1-3-19(16)26)13-4-6-14(24)7-5-13;/h2,4-11,16,19H,1,3,12,26H2,(H,27,28);1H/t16-,19-;/m1./s1. The minimum absolute atomic E-state index is 0. The summed E-state index contributed by atoms with van der Waals surface area (Å²) in [6.45, 7) is 0. The first-order valence-electron chi connectivity index (χ1n) is 10.0. The fourth-order valence-corrected chi connectivity index (χ4v) is 7.09. The zero-order valence-corrected chi connectivity index (χ0v) is 21.6. The number of halogens is 4. The van der Waals surface area contributed by atoms with Gasteiger partial charge in [0.25, 0.3) is 10.0 Å². The van der Waals surface area contributed by atoms with E-state index in [1.54, 1.807) is 17.5 Å². The van der Waals surface area contributed by atoms with Gasteiger partial charge < -0.3 is 5.73 Å². The number of aromatic nitrogens is 1. The zero-order valence-electron chi connectivity index (χ0n) is 17.6. The molecule has 1 aromatic heterocycles. The van der Waals surface area contributed by atoms with Gasteiger partial charge in [0.2, 0.25) is 0 Å².